The molecule has 1 aliphatic heterocycles. The van der Waals surface area contributed by atoms with Gasteiger partial charge >= 0.3 is 5.97 Å². The van der Waals surface area contributed by atoms with E-state index in [0.29, 0.717) is 18.7 Å². The van der Waals surface area contributed by atoms with E-state index in [1.165, 1.54) is 12.0 Å². The van der Waals surface area contributed by atoms with Gasteiger partial charge in [-0.15, -0.1) is 0 Å². The second-order valence-corrected chi connectivity index (χ2v) is 4.65. The minimum Gasteiger partial charge on any atom is -0.467 e. The average molecular weight is 266 g/mol. The molecule has 1 fully saturated rings. The number of carbonyl (C=O) groups is 2. The van der Waals surface area contributed by atoms with E-state index in [0.717, 1.165) is 12.1 Å². The Kier molecular flexibility index (Phi) is 3.46. The molecule has 1 amide bonds. The fourth-order valence-corrected chi connectivity index (χ4v) is 2.31. The molecule has 2 N–H and O–H groups in total. The summed E-state index contributed by atoms with van der Waals surface area (Å²) in [6, 6.07) is -0.529. The average Bonchev–Trinajstić information content (AvgIpc) is 2.98. The quantitative estimate of drug-likeness (QED) is 0.766. The highest BCUT2D eigenvalue weighted by Crippen LogP contribution is 2.24. The van der Waals surface area contributed by atoms with Crippen LogP contribution in [0.15, 0.2) is 0 Å². The number of nitrogen functional groups attached to an aromatic ring is 1. The van der Waals surface area contributed by atoms with Crippen LogP contribution in [-0.4, -0.2) is 46.3 Å². The number of likely N-dealkylation sites (tertiary alicyclic amines) is 1. The zero-order chi connectivity index (χ0) is 14.2. The highest BCUT2D eigenvalue weighted by Gasteiger charge is 2.37. The van der Waals surface area contributed by atoms with Gasteiger partial charge in [0.15, 0.2) is 5.69 Å². The topological polar surface area (TPSA) is 90.5 Å². The molecule has 0 radical (unpaired) electrons. The molecule has 2 rings (SSSR count). The lowest BCUT2D eigenvalue weighted by molar-refractivity contribution is -0.145. The molecule has 1 atom stereocenters. The molecule has 1 aromatic rings. The highest BCUT2D eigenvalue weighted by atomic mass is 16.5. The van der Waals surface area contributed by atoms with Crippen molar-refractivity contribution in [3.05, 3.63) is 11.4 Å². The van der Waals surface area contributed by atoms with E-state index in [2.05, 4.69) is 5.10 Å². The highest BCUT2D eigenvalue weighted by molar-refractivity contribution is 6.00. The number of carbonyl (C=O) groups excluding carboxylic acids is 2. The molecule has 0 bridgehead atoms. The van der Waals surface area contributed by atoms with Gasteiger partial charge in [0.05, 0.1) is 18.5 Å². The Labute approximate surface area is 111 Å². The normalized spacial score (nSPS) is 18.7. The van der Waals surface area contributed by atoms with Gasteiger partial charge < -0.3 is 15.4 Å². The van der Waals surface area contributed by atoms with Gasteiger partial charge in [0.1, 0.15) is 6.04 Å². The summed E-state index contributed by atoms with van der Waals surface area (Å²) in [6.07, 6.45) is 1.39. The molecule has 2 heterocycles. The van der Waals surface area contributed by atoms with E-state index in [1.54, 1.807) is 18.7 Å². The molecule has 19 heavy (non-hydrogen) atoms. The lowest BCUT2D eigenvalue weighted by Crippen LogP contribution is -2.41. The number of esters is 1. The maximum absolute atomic E-state index is 12.4. The molecule has 7 nitrogen and oxygen atoms in total. The number of hydrogen-bond donors (Lipinski definition) is 1. The van der Waals surface area contributed by atoms with Crippen molar-refractivity contribution in [3.8, 4) is 0 Å². The zero-order valence-electron chi connectivity index (χ0n) is 11.3. The van der Waals surface area contributed by atoms with Crippen LogP contribution in [-0.2, 0) is 16.6 Å². The summed E-state index contributed by atoms with van der Waals surface area (Å²) in [5.74, 6) is -0.703. The van der Waals surface area contributed by atoms with Crippen LogP contribution < -0.4 is 5.73 Å². The van der Waals surface area contributed by atoms with E-state index in [-0.39, 0.29) is 11.6 Å². The molecule has 0 spiro atoms. The van der Waals surface area contributed by atoms with Crippen molar-refractivity contribution < 1.29 is 14.3 Å². The number of ether oxygens (including phenoxy) is 1. The van der Waals surface area contributed by atoms with Crippen LogP contribution >= 0.6 is 0 Å². The molecular formula is C12H18N4O3. The van der Waals surface area contributed by atoms with Crippen molar-refractivity contribution in [2.75, 3.05) is 19.4 Å². The Bertz CT molecular complexity index is 523. The van der Waals surface area contributed by atoms with Crippen molar-refractivity contribution in [1.29, 1.82) is 0 Å². The lowest BCUT2D eigenvalue weighted by Gasteiger charge is -2.21. The van der Waals surface area contributed by atoms with Gasteiger partial charge in [0.2, 0.25) is 0 Å². The molecule has 104 valence electrons. The van der Waals surface area contributed by atoms with Crippen molar-refractivity contribution in [2.24, 2.45) is 7.05 Å². The molecule has 1 aliphatic rings. The molecular weight excluding hydrogens is 248 g/mol. The first-order valence-corrected chi connectivity index (χ1v) is 6.15. The summed E-state index contributed by atoms with van der Waals surface area (Å²) in [5.41, 5.74) is 7.18. The van der Waals surface area contributed by atoms with Crippen LogP contribution in [0.25, 0.3) is 0 Å². The van der Waals surface area contributed by atoms with Crippen molar-refractivity contribution in [3.63, 3.8) is 0 Å². The molecule has 0 aromatic carbocycles. The molecule has 0 saturated carbocycles. The molecule has 0 unspecified atom stereocenters. The van der Waals surface area contributed by atoms with Gasteiger partial charge in [-0.25, -0.2) is 4.79 Å². The summed E-state index contributed by atoms with van der Waals surface area (Å²) in [6.45, 7) is 2.31. The van der Waals surface area contributed by atoms with Crippen molar-refractivity contribution >= 4 is 17.6 Å². The maximum Gasteiger partial charge on any atom is 0.328 e. The minimum absolute atomic E-state index is 0.204. The Morgan fingerprint density at radius 2 is 2.16 bits per heavy atom. The third-order valence-electron chi connectivity index (χ3n) is 3.57. The number of aromatic nitrogens is 2. The predicted molar refractivity (Wildman–Crippen MR) is 68.4 cm³/mol. The number of nitrogens with two attached hydrogens (primary N) is 1. The van der Waals surface area contributed by atoms with E-state index < -0.39 is 12.0 Å². The Hall–Kier alpha value is -2.05. The second kappa shape index (κ2) is 4.91. The van der Waals surface area contributed by atoms with E-state index in [9.17, 15) is 9.59 Å². The fraction of sp³-hybridized carbons (Fsp3) is 0.583. The molecule has 1 aromatic heterocycles. The minimum atomic E-state index is -0.529. The number of amides is 1. The molecule has 7 heteroatoms. The Morgan fingerprint density at radius 3 is 2.68 bits per heavy atom. The maximum atomic E-state index is 12.4. The monoisotopic (exact) mass is 266 g/mol. The van der Waals surface area contributed by atoms with Crippen molar-refractivity contribution in [2.45, 2.75) is 25.8 Å². The standard InChI is InChI=1S/C12H18N4O3/c1-7-9(13)10(14-15(7)2)11(17)16-6-4-5-8(16)12(18)19-3/h8H,4-6,13H2,1-3H3/t8-/m0/s1. The number of methoxy groups -OCH3 is 1. The summed E-state index contributed by atoms with van der Waals surface area (Å²) in [4.78, 5) is 25.6. The Morgan fingerprint density at radius 1 is 1.47 bits per heavy atom. The van der Waals surface area contributed by atoms with E-state index in [4.69, 9.17) is 10.5 Å². The van der Waals surface area contributed by atoms with Gasteiger partial charge in [-0.2, -0.15) is 5.10 Å². The first-order chi connectivity index (χ1) is 8.97. The van der Waals surface area contributed by atoms with E-state index in [1.807, 2.05) is 0 Å². The molecule has 0 aliphatic carbocycles. The fourth-order valence-electron chi connectivity index (χ4n) is 2.31. The number of hydrogen-bond acceptors (Lipinski definition) is 5. The second-order valence-electron chi connectivity index (χ2n) is 4.65. The van der Waals surface area contributed by atoms with Crippen molar-refractivity contribution in [1.82, 2.24) is 14.7 Å². The van der Waals surface area contributed by atoms with Gasteiger partial charge in [0.25, 0.3) is 5.91 Å². The summed E-state index contributed by atoms with van der Waals surface area (Å²) >= 11 is 0. The van der Waals surface area contributed by atoms with Gasteiger partial charge in [-0.3, -0.25) is 9.48 Å². The first kappa shape index (κ1) is 13.4. The largest absolute Gasteiger partial charge is 0.467 e. The first-order valence-electron chi connectivity index (χ1n) is 6.15. The number of rotatable bonds is 2. The zero-order valence-corrected chi connectivity index (χ0v) is 11.3. The van der Waals surface area contributed by atoms with Crippen LogP contribution in [0.4, 0.5) is 5.69 Å². The SMILES string of the molecule is COC(=O)[C@@H]1CCCN1C(=O)c1nn(C)c(C)c1N. The summed E-state index contributed by atoms with van der Waals surface area (Å²) in [5, 5.41) is 4.12. The Balaban J connectivity index is 2.28. The van der Waals surface area contributed by atoms with Crippen LogP contribution in [0.3, 0.4) is 0 Å². The molecule has 1 saturated heterocycles. The summed E-state index contributed by atoms with van der Waals surface area (Å²) < 4.78 is 6.28. The number of aryl methyl sites for hydroxylation is 1. The number of anilines is 1. The van der Waals surface area contributed by atoms with Crippen LogP contribution in [0.2, 0.25) is 0 Å². The van der Waals surface area contributed by atoms with Gasteiger partial charge in [-0.1, -0.05) is 0 Å². The smallest absolute Gasteiger partial charge is 0.328 e. The van der Waals surface area contributed by atoms with Crippen LogP contribution in [0, 0.1) is 6.92 Å². The van der Waals surface area contributed by atoms with Gasteiger partial charge in [0, 0.05) is 13.6 Å². The lowest BCUT2D eigenvalue weighted by atomic mass is 10.2. The number of nitrogens with zero attached hydrogens (tertiary/aromatic N) is 3. The third-order valence-corrected chi connectivity index (χ3v) is 3.57. The predicted octanol–water partition coefficient (Wildman–Crippen LogP) is 0.0883. The van der Waals surface area contributed by atoms with Gasteiger partial charge in [-0.05, 0) is 19.8 Å². The third kappa shape index (κ3) is 2.16. The van der Waals surface area contributed by atoms with Crippen LogP contribution in [0.5, 0.6) is 0 Å². The van der Waals surface area contributed by atoms with E-state index >= 15 is 0 Å². The summed E-state index contributed by atoms with van der Waals surface area (Å²) in [7, 11) is 3.05. The van der Waals surface area contributed by atoms with Crippen LogP contribution in [0.1, 0.15) is 29.0 Å².